The molecule has 0 saturated carbocycles. The molecule has 5 nitrogen and oxygen atoms in total. The first-order valence-corrected chi connectivity index (χ1v) is 8.22. The summed E-state index contributed by atoms with van der Waals surface area (Å²) in [5.74, 6) is 2.20. The Labute approximate surface area is 148 Å². The smallest absolute Gasteiger partial charge is 0.214 e. The van der Waals surface area contributed by atoms with Crippen LogP contribution in [0.1, 0.15) is 11.5 Å². The van der Waals surface area contributed by atoms with Crippen LogP contribution in [-0.4, -0.2) is 29.9 Å². The van der Waals surface area contributed by atoms with Gasteiger partial charge in [0.2, 0.25) is 5.89 Å². The molecular weight excluding hydrogens is 312 g/mol. The summed E-state index contributed by atoms with van der Waals surface area (Å²) in [6.45, 7) is 1.11. The van der Waals surface area contributed by atoms with E-state index in [4.69, 9.17) is 4.42 Å². The topological polar surface area (TPSA) is 53.7 Å². The van der Waals surface area contributed by atoms with Crippen LogP contribution in [0.3, 0.4) is 0 Å². The predicted molar refractivity (Wildman–Crippen MR) is 100 cm³/mol. The predicted octanol–water partition coefficient (Wildman–Crippen LogP) is 3.55. The molecule has 5 heteroatoms. The molecule has 0 radical (unpaired) electrons. The molecule has 0 aliphatic heterocycles. The van der Waals surface area contributed by atoms with Crippen molar-refractivity contribution in [3.8, 4) is 11.3 Å². The highest BCUT2D eigenvalue weighted by Crippen LogP contribution is 2.19. The second-order valence-corrected chi connectivity index (χ2v) is 5.86. The van der Waals surface area contributed by atoms with Gasteiger partial charge in [0.25, 0.3) is 0 Å². The average molecular weight is 334 g/mol. The van der Waals surface area contributed by atoms with Crippen molar-refractivity contribution in [3.05, 3.63) is 78.3 Å². The van der Waals surface area contributed by atoms with E-state index in [0.717, 1.165) is 17.3 Å². The lowest BCUT2D eigenvalue weighted by molar-refractivity contribution is 0.487. The van der Waals surface area contributed by atoms with Crippen molar-refractivity contribution in [2.24, 2.45) is 4.99 Å². The van der Waals surface area contributed by atoms with Crippen LogP contribution < -0.4 is 5.32 Å². The van der Waals surface area contributed by atoms with Gasteiger partial charge in [-0.2, -0.15) is 0 Å². The molecule has 2 aromatic carbocycles. The van der Waals surface area contributed by atoms with E-state index >= 15 is 0 Å². The van der Waals surface area contributed by atoms with Gasteiger partial charge in [0.15, 0.2) is 11.7 Å². The number of hydrogen-bond acceptors (Lipinski definition) is 3. The molecule has 1 heterocycles. The van der Waals surface area contributed by atoms with Gasteiger partial charge in [-0.15, -0.1) is 0 Å². The van der Waals surface area contributed by atoms with E-state index in [2.05, 4.69) is 27.4 Å². The van der Waals surface area contributed by atoms with E-state index in [9.17, 15) is 0 Å². The van der Waals surface area contributed by atoms with Crippen molar-refractivity contribution in [1.29, 1.82) is 0 Å². The number of nitrogens with one attached hydrogen (secondary N) is 1. The van der Waals surface area contributed by atoms with Gasteiger partial charge in [0, 0.05) is 19.7 Å². The first-order chi connectivity index (χ1) is 12.2. The molecule has 0 spiro atoms. The van der Waals surface area contributed by atoms with Crippen LogP contribution in [0.5, 0.6) is 0 Å². The molecule has 128 valence electrons. The summed E-state index contributed by atoms with van der Waals surface area (Å²) < 4.78 is 5.82. The number of oxazole rings is 1. The van der Waals surface area contributed by atoms with Gasteiger partial charge in [-0.1, -0.05) is 60.7 Å². The van der Waals surface area contributed by atoms with Crippen LogP contribution in [0.15, 0.2) is 76.3 Å². The number of nitrogens with zero attached hydrogens (tertiary/aromatic N) is 3. The van der Waals surface area contributed by atoms with Gasteiger partial charge in [0.05, 0.1) is 19.3 Å². The molecule has 0 bridgehead atoms. The highest BCUT2D eigenvalue weighted by atomic mass is 16.4. The summed E-state index contributed by atoms with van der Waals surface area (Å²) in [6, 6.07) is 20.1. The zero-order valence-corrected chi connectivity index (χ0v) is 14.5. The van der Waals surface area contributed by atoms with Crippen LogP contribution in [0.25, 0.3) is 11.3 Å². The van der Waals surface area contributed by atoms with Gasteiger partial charge in [-0.25, -0.2) is 9.98 Å². The first kappa shape index (κ1) is 16.8. The van der Waals surface area contributed by atoms with Gasteiger partial charge in [-0.3, -0.25) is 0 Å². The molecular formula is C20H22N4O. The van der Waals surface area contributed by atoms with E-state index in [-0.39, 0.29) is 0 Å². The minimum Gasteiger partial charge on any atom is -0.439 e. The van der Waals surface area contributed by atoms with Crippen molar-refractivity contribution in [2.45, 2.75) is 13.1 Å². The number of aliphatic imine (C=N–C) groups is 1. The zero-order valence-electron chi connectivity index (χ0n) is 14.5. The van der Waals surface area contributed by atoms with Crippen molar-refractivity contribution in [3.63, 3.8) is 0 Å². The third-order valence-corrected chi connectivity index (χ3v) is 3.69. The normalized spacial score (nSPS) is 11.4. The highest BCUT2D eigenvalue weighted by molar-refractivity contribution is 5.79. The van der Waals surface area contributed by atoms with Crippen LogP contribution in [0.4, 0.5) is 0 Å². The second kappa shape index (κ2) is 8.15. The fourth-order valence-corrected chi connectivity index (χ4v) is 2.39. The molecule has 1 aromatic heterocycles. The Kier molecular flexibility index (Phi) is 5.46. The molecule has 0 amide bonds. The Balaban J connectivity index is 1.63. The molecule has 0 aliphatic carbocycles. The highest BCUT2D eigenvalue weighted by Gasteiger charge is 2.08. The monoisotopic (exact) mass is 334 g/mol. The summed E-state index contributed by atoms with van der Waals surface area (Å²) in [5, 5.41) is 3.29. The fraction of sp³-hybridized carbons (Fsp3) is 0.200. The summed E-state index contributed by atoms with van der Waals surface area (Å²) in [7, 11) is 3.92. The number of rotatable bonds is 5. The van der Waals surface area contributed by atoms with Crippen LogP contribution in [0, 0.1) is 0 Å². The Hall–Kier alpha value is -3.08. The minimum absolute atomic E-state index is 0.485. The molecule has 1 N–H and O–H groups in total. The Morgan fingerprint density at radius 3 is 2.40 bits per heavy atom. The van der Waals surface area contributed by atoms with Crippen LogP contribution in [0.2, 0.25) is 0 Å². The van der Waals surface area contributed by atoms with Crippen LogP contribution >= 0.6 is 0 Å². The molecule has 0 fully saturated rings. The lowest BCUT2D eigenvalue weighted by Gasteiger charge is -2.16. The van der Waals surface area contributed by atoms with E-state index in [1.54, 1.807) is 6.20 Å². The summed E-state index contributed by atoms with van der Waals surface area (Å²) in [5.41, 5.74) is 2.19. The van der Waals surface area contributed by atoms with Crippen molar-refractivity contribution < 1.29 is 4.42 Å². The maximum atomic E-state index is 5.82. The summed E-state index contributed by atoms with van der Waals surface area (Å²) >= 11 is 0. The zero-order chi connectivity index (χ0) is 17.5. The average Bonchev–Trinajstić information content (AvgIpc) is 3.12. The summed E-state index contributed by atoms with van der Waals surface area (Å²) in [4.78, 5) is 10.9. The third kappa shape index (κ3) is 4.70. The lowest BCUT2D eigenvalue weighted by Crippen LogP contribution is -2.36. The van der Waals surface area contributed by atoms with E-state index < -0.39 is 0 Å². The molecule has 3 rings (SSSR count). The van der Waals surface area contributed by atoms with Gasteiger partial charge < -0.3 is 14.6 Å². The number of aromatic nitrogens is 1. The quantitative estimate of drug-likeness (QED) is 0.573. The SMILES string of the molecule is CN(C)C(=NCc1ccccc1)NCc1ncc(-c2ccccc2)o1. The summed E-state index contributed by atoms with van der Waals surface area (Å²) in [6.07, 6.45) is 1.75. The minimum atomic E-state index is 0.485. The molecule has 25 heavy (non-hydrogen) atoms. The molecule has 0 unspecified atom stereocenters. The van der Waals surface area contributed by atoms with E-state index in [1.807, 2.05) is 67.5 Å². The fourth-order valence-electron chi connectivity index (χ4n) is 2.39. The number of guanidine groups is 1. The largest absolute Gasteiger partial charge is 0.439 e. The second-order valence-electron chi connectivity index (χ2n) is 5.86. The Morgan fingerprint density at radius 1 is 1.04 bits per heavy atom. The maximum Gasteiger partial charge on any atom is 0.214 e. The maximum absolute atomic E-state index is 5.82. The number of hydrogen-bond donors (Lipinski definition) is 1. The van der Waals surface area contributed by atoms with Gasteiger partial charge >= 0.3 is 0 Å². The molecule has 0 atom stereocenters. The first-order valence-electron chi connectivity index (χ1n) is 8.22. The Bertz CT molecular complexity index is 810. The standard InChI is InChI=1S/C20H22N4O/c1-24(2)20(22-13-16-9-5-3-6-10-16)23-15-19-21-14-18(25-19)17-11-7-4-8-12-17/h3-12,14H,13,15H2,1-2H3,(H,22,23). The van der Waals surface area contributed by atoms with Gasteiger partial charge in [0.1, 0.15) is 0 Å². The van der Waals surface area contributed by atoms with E-state index in [0.29, 0.717) is 19.0 Å². The molecule has 0 aliphatic rings. The lowest BCUT2D eigenvalue weighted by atomic mass is 10.2. The third-order valence-electron chi connectivity index (χ3n) is 3.69. The molecule has 3 aromatic rings. The number of benzene rings is 2. The van der Waals surface area contributed by atoms with Crippen molar-refractivity contribution in [1.82, 2.24) is 15.2 Å². The van der Waals surface area contributed by atoms with E-state index in [1.165, 1.54) is 5.56 Å². The van der Waals surface area contributed by atoms with Crippen LogP contribution in [-0.2, 0) is 13.1 Å². The molecule has 0 saturated heterocycles. The van der Waals surface area contributed by atoms with Gasteiger partial charge in [-0.05, 0) is 5.56 Å². The Morgan fingerprint density at radius 2 is 1.72 bits per heavy atom. The van der Waals surface area contributed by atoms with Crippen molar-refractivity contribution >= 4 is 5.96 Å². The van der Waals surface area contributed by atoms with Crippen molar-refractivity contribution in [2.75, 3.05) is 14.1 Å².